The predicted molar refractivity (Wildman–Crippen MR) is 61.4 cm³/mol. The minimum absolute atomic E-state index is 0.115. The Morgan fingerprint density at radius 1 is 1.50 bits per heavy atom. The Labute approximate surface area is 96.1 Å². The third-order valence-corrected chi connectivity index (χ3v) is 2.99. The number of hydrogen-bond donors (Lipinski definition) is 2. The summed E-state index contributed by atoms with van der Waals surface area (Å²) in [6.45, 7) is 3.08. The minimum Gasteiger partial charge on any atom is -0.369 e. The fraction of sp³-hybridized carbons (Fsp3) is 0.818. The van der Waals surface area contributed by atoms with Crippen molar-refractivity contribution in [1.29, 1.82) is 0 Å². The molecule has 1 aliphatic rings. The van der Waals surface area contributed by atoms with Gasteiger partial charge in [0, 0.05) is 25.6 Å². The van der Waals surface area contributed by atoms with E-state index in [9.17, 15) is 9.59 Å². The Morgan fingerprint density at radius 2 is 2.19 bits per heavy atom. The number of amides is 2. The van der Waals surface area contributed by atoms with Crippen molar-refractivity contribution in [2.75, 3.05) is 13.1 Å². The second-order valence-electron chi connectivity index (χ2n) is 4.60. The molecule has 0 aromatic heterocycles. The average Bonchev–Trinajstić information content (AvgIpc) is 2.65. The van der Waals surface area contributed by atoms with Crippen molar-refractivity contribution in [3.8, 4) is 0 Å². The van der Waals surface area contributed by atoms with Crippen LogP contribution in [0.15, 0.2) is 0 Å². The van der Waals surface area contributed by atoms with E-state index >= 15 is 0 Å². The van der Waals surface area contributed by atoms with Crippen molar-refractivity contribution in [2.45, 2.75) is 38.6 Å². The summed E-state index contributed by atoms with van der Waals surface area (Å²) in [5.74, 6) is -0.340. The Kier molecular flexibility index (Phi) is 4.73. The fourth-order valence-corrected chi connectivity index (χ4v) is 1.95. The molecule has 5 heteroatoms. The van der Waals surface area contributed by atoms with E-state index in [4.69, 9.17) is 11.5 Å². The van der Waals surface area contributed by atoms with E-state index in [0.717, 1.165) is 12.8 Å². The first-order valence-electron chi connectivity index (χ1n) is 5.83. The van der Waals surface area contributed by atoms with Gasteiger partial charge in [-0.25, -0.2) is 0 Å². The van der Waals surface area contributed by atoms with Crippen LogP contribution >= 0.6 is 0 Å². The monoisotopic (exact) mass is 227 g/mol. The van der Waals surface area contributed by atoms with Gasteiger partial charge in [0.2, 0.25) is 11.8 Å². The SMILES string of the molecule is CC(N)CCCC(=O)N1CCC(C(N)=O)C1. The molecular weight excluding hydrogens is 206 g/mol. The average molecular weight is 227 g/mol. The van der Waals surface area contributed by atoms with E-state index in [-0.39, 0.29) is 23.8 Å². The summed E-state index contributed by atoms with van der Waals surface area (Å²) in [5, 5.41) is 0. The summed E-state index contributed by atoms with van der Waals surface area (Å²) in [6, 6.07) is 0.143. The Morgan fingerprint density at radius 3 is 2.69 bits per heavy atom. The lowest BCUT2D eigenvalue weighted by Gasteiger charge is -2.16. The number of nitrogens with two attached hydrogens (primary N) is 2. The molecule has 4 N–H and O–H groups in total. The lowest BCUT2D eigenvalue weighted by atomic mass is 10.1. The van der Waals surface area contributed by atoms with Crippen LogP contribution in [0.3, 0.4) is 0 Å². The number of carbonyl (C=O) groups is 2. The van der Waals surface area contributed by atoms with Crippen molar-refractivity contribution < 1.29 is 9.59 Å². The number of nitrogens with zero attached hydrogens (tertiary/aromatic N) is 1. The topological polar surface area (TPSA) is 89.4 Å². The Balaban J connectivity index is 2.26. The second kappa shape index (κ2) is 5.84. The van der Waals surface area contributed by atoms with Gasteiger partial charge in [-0.3, -0.25) is 9.59 Å². The molecule has 0 bridgehead atoms. The fourth-order valence-electron chi connectivity index (χ4n) is 1.95. The molecule has 5 nitrogen and oxygen atoms in total. The molecule has 0 aromatic rings. The molecule has 0 saturated carbocycles. The highest BCUT2D eigenvalue weighted by Gasteiger charge is 2.29. The van der Waals surface area contributed by atoms with Crippen LogP contribution in [0.5, 0.6) is 0 Å². The van der Waals surface area contributed by atoms with Crippen molar-refractivity contribution in [3.63, 3.8) is 0 Å². The number of carbonyl (C=O) groups excluding carboxylic acids is 2. The lowest BCUT2D eigenvalue weighted by molar-refractivity contribution is -0.130. The van der Waals surface area contributed by atoms with Gasteiger partial charge in [-0.2, -0.15) is 0 Å². The van der Waals surface area contributed by atoms with Gasteiger partial charge < -0.3 is 16.4 Å². The molecule has 1 fully saturated rings. The van der Waals surface area contributed by atoms with E-state index < -0.39 is 0 Å². The van der Waals surface area contributed by atoms with Crippen molar-refractivity contribution in [1.82, 2.24) is 4.90 Å². The summed E-state index contributed by atoms with van der Waals surface area (Å²) >= 11 is 0. The van der Waals surface area contributed by atoms with E-state index in [0.29, 0.717) is 25.9 Å². The maximum absolute atomic E-state index is 11.7. The second-order valence-corrected chi connectivity index (χ2v) is 4.60. The maximum atomic E-state index is 11.7. The van der Waals surface area contributed by atoms with E-state index in [1.165, 1.54) is 0 Å². The first kappa shape index (κ1) is 13.0. The summed E-state index contributed by atoms with van der Waals surface area (Å²) in [7, 11) is 0. The molecule has 1 heterocycles. The lowest BCUT2D eigenvalue weighted by Crippen LogP contribution is -2.31. The third-order valence-electron chi connectivity index (χ3n) is 2.99. The van der Waals surface area contributed by atoms with Gasteiger partial charge in [0.15, 0.2) is 0 Å². The molecule has 1 aliphatic heterocycles. The molecule has 1 rings (SSSR count). The summed E-state index contributed by atoms with van der Waals surface area (Å²) in [4.78, 5) is 24.4. The van der Waals surface area contributed by atoms with Crippen LogP contribution in [0.4, 0.5) is 0 Å². The highest BCUT2D eigenvalue weighted by molar-refractivity contribution is 5.80. The van der Waals surface area contributed by atoms with Gasteiger partial charge in [0.25, 0.3) is 0 Å². The highest BCUT2D eigenvalue weighted by Crippen LogP contribution is 2.17. The summed E-state index contributed by atoms with van der Waals surface area (Å²) in [5.41, 5.74) is 10.8. The van der Waals surface area contributed by atoms with Crippen LogP contribution in [0.1, 0.15) is 32.6 Å². The summed E-state index contributed by atoms with van der Waals surface area (Å²) < 4.78 is 0. The Bertz CT molecular complexity index is 266. The molecule has 16 heavy (non-hydrogen) atoms. The van der Waals surface area contributed by atoms with Gasteiger partial charge in [-0.15, -0.1) is 0 Å². The van der Waals surface area contributed by atoms with Crippen LogP contribution in [-0.2, 0) is 9.59 Å². The van der Waals surface area contributed by atoms with Gasteiger partial charge in [0.1, 0.15) is 0 Å². The highest BCUT2D eigenvalue weighted by atomic mass is 16.2. The largest absolute Gasteiger partial charge is 0.369 e. The van der Waals surface area contributed by atoms with Crippen LogP contribution < -0.4 is 11.5 Å². The number of rotatable bonds is 5. The van der Waals surface area contributed by atoms with Crippen LogP contribution in [0.25, 0.3) is 0 Å². The van der Waals surface area contributed by atoms with Crippen LogP contribution in [0.2, 0.25) is 0 Å². The van der Waals surface area contributed by atoms with Crippen molar-refractivity contribution in [3.05, 3.63) is 0 Å². The van der Waals surface area contributed by atoms with Crippen molar-refractivity contribution in [2.24, 2.45) is 17.4 Å². The molecule has 0 aromatic carbocycles. The van der Waals surface area contributed by atoms with Gasteiger partial charge in [0.05, 0.1) is 5.92 Å². The van der Waals surface area contributed by atoms with Crippen LogP contribution in [-0.4, -0.2) is 35.8 Å². The molecule has 0 radical (unpaired) electrons. The number of hydrogen-bond acceptors (Lipinski definition) is 3. The molecule has 2 amide bonds. The van der Waals surface area contributed by atoms with Gasteiger partial charge in [-0.1, -0.05) is 0 Å². The standard InChI is InChI=1S/C11H21N3O2/c1-8(12)3-2-4-10(15)14-6-5-9(7-14)11(13)16/h8-9H,2-7,12H2,1H3,(H2,13,16). The quantitative estimate of drug-likeness (QED) is 0.683. The predicted octanol–water partition coefficient (Wildman–Crippen LogP) is -0.162. The summed E-state index contributed by atoms with van der Waals surface area (Å²) in [6.07, 6.45) is 2.90. The van der Waals surface area contributed by atoms with Crippen molar-refractivity contribution >= 4 is 11.8 Å². The molecule has 2 atom stereocenters. The number of primary amides is 1. The minimum atomic E-state index is -0.300. The first-order chi connectivity index (χ1) is 7.50. The molecule has 0 spiro atoms. The smallest absolute Gasteiger partial charge is 0.222 e. The Hall–Kier alpha value is -1.10. The van der Waals surface area contributed by atoms with Crippen LogP contribution in [0, 0.1) is 5.92 Å². The molecule has 1 saturated heterocycles. The maximum Gasteiger partial charge on any atom is 0.222 e. The third kappa shape index (κ3) is 3.81. The molecule has 0 aliphatic carbocycles. The molecule has 2 unspecified atom stereocenters. The van der Waals surface area contributed by atoms with E-state index in [1.807, 2.05) is 6.92 Å². The van der Waals surface area contributed by atoms with Gasteiger partial charge >= 0.3 is 0 Å². The van der Waals surface area contributed by atoms with Gasteiger partial charge in [-0.05, 0) is 26.2 Å². The zero-order chi connectivity index (χ0) is 12.1. The first-order valence-corrected chi connectivity index (χ1v) is 5.83. The van der Waals surface area contributed by atoms with E-state index in [2.05, 4.69) is 0 Å². The van der Waals surface area contributed by atoms with E-state index in [1.54, 1.807) is 4.90 Å². The zero-order valence-corrected chi connectivity index (χ0v) is 9.82. The zero-order valence-electron chi connectivity index (χ0n) is 9.82. The normalized spacial score (nSPS) is 22.1. The number of likely N-dealkylation sites (tertiary alicyclic amines) is 1. The molecule has 92 valence electrons. The molecular formula is C11H21N3O2.